The molecule has 8 nitrogen and oxygen atoms in total. The molecule has 266 valence electrons. The third-order valence-electron chi connectivity index (χ3n) is 11.5. The SMILES string of the molecule is CC1(C)CCCC(C)(C)N1N1CCC(OC(=O)CCCCCCCCC(=O)OC2CCN(N3C(C)(C)CCCC3(C)C)CC2)CC1. The van der Waals surface area contributed by atoms with Crippen molar-refractivity contribution in [2.24, 2.45) is 0 Å². The van der Waals surface area contributed by atoms with Crippen molar-refractivity contribution in [1.29, 1.82) is 0 Å². The van der Waals surface area contributed by atoms with Gasteiger partial charge in [-0.15, -0.1) is 0 Å². The maximum Gasteiger partial charge on any atom is 0.306 e. The van der Waals surface area contributed by atoms with Crippen LogP contribution < -0.4 is 0 Å². The van der Waals surface area contributed by atoms with Crippen molar-refractivity contribution in [3.05, 3.63) is 0 Å². The molecule has 0 aromatic carbocycles. The smallest absolute Gasteiger partial charge is 0.306 e. The van der Waals surface area contributed by atoms with Gasteiger partial charge in [-0.05, 0) is 132 Å². The number of esters is 2. The van der Waals surface area contributed by atoms with Crippen molar-refractivity contribution in [3.63, 3.8) is 0 Å². The molecule has 0 saturated carbocycles. The van der Waals surface area contributed by atoms with Crippen molar-refractivity contribution >= 4 is 11.9 Å². The Hall–Kier alpha value is -1.22. The number of piperidine rings is 4. The average Bonchev–Trinajstić information content (AvgIpc) is 2.94. The molecule has 0 spiro atoms. The van der Waals surface area contributed by atoms with Crippen LogP contribution in [0.15, 0.2) is 0 Å². The molecule has 0 aromatic heterocycles. The number of nitrogens with zero attached hydrogens (tertiary/aromatic N) is 4. The number of unbranched alkanes of at least 4 members (excludes halogenated alkanes) is 5. The second-order valence-electron chi connectivity index (χ2n) is 17.5. The van der Waals surface area contributed by atoms with Gasteiger partial charge in [0.05, 0.1) is 0 Å². The molecule has 4 saturated heterocycles. The highest BCUT2D eigenvalue weighted by molar-refractivity contribution is 5.69. The van der Waals surface area contributed by atoms with Crippen LogP contribution in [0.4, 0.5) is 0 Å². The molecule has 0 N–H and O–H groups in total. The highest BCUT2D eigenvalue weighted by Gasteiger charge is 2.46. The summed E-state index contributed by atoms with van der Waals surface area (Å²) in [6.45, 7) is 22.8. The van der Waals surface area contributed by atoms with Crippen molar-refractivity contribution < 1.29 is 19.1 Å². The second-order valence-corrected chi connectivity index (χ2v) is 17.5. The van der Waals surface area contributed by atoms with Crippen LogP contribution in [-0.2, 0) is 19.1 Å². The fourth-order valence-corrected chi connectivity index (χ4v) is 9.56. The minimum Gasteiger partial charge on any atom is -0.462 e. The lowest BCUT2D eigenvalue weighted by Crippen LogP contribution is -2.66. The molecule has 0 aromatic rings. The molecule has 0 aliphatic carbocycles. The molecule has 0 amide bonds. The largest absolute Gasteiger partial charge is 0.462 e. The molecule has 4 heterocycles. The first-order valence-electron chi connectivity index (χ1n) is 19.1. The summed E-state index contributed by atoms with van der Waals surface area (Å²) in [6.07, 6.45) is 18.4. The molecular weight excluding hydrogens is 576 g/mol. The van der Waals surface area contributed by atoms with Crippen molar-refractivity contribution in [3.8, 4) is 0 Å². The predicted molar refractivity (Wildman–Crippen MR) is 186 cm³/mol. The number of ether oxygens (including phenoxy) is 2. The first-order valence-corrected chi connectivity index (χ1v) is 19.1. The molecule has 4 fully saturated rings. The molecule has 0 atom stereocenters. The van der Waals surface area contributed by atoms with Crippen LogP contribution in [-0.4, -0.2) is 92.5 Å². The lowest BCUT2D eigenvalue weighted by molar-refractivity contribution is -0.199. The highest BCUT2D eigenvalue weighted by Crippen LogP contribution is 2.41. The lowest BCUT2D eigenvalue weighted by atomic mass is 9.81. The van der Waals surface area contributed by atoms with E-state index in [1.165, 1.54) is 38.5 Å². The van der Waals surface area contributed by atoms with E-state index in [-0.39, 0.29) is 46.3 Å². The zero-order valence-corrected chi connectivity index (χ0v) is 31.1. The van der Waals surface area contributed by atoms with E-state index in [0.717, 1.165) is 90.4 Å². The Labute approximate surface area is 282 Å². The van der Waals surface area contributed by atoms with Crippen LogP contribution >= 0.6 is 0 Å². The van der Waals surface area contributed by atoms with E-state index in [0.29, 0.717) is 12.8 Å². The summed E-state index contributed by atoms with van der Waals surface area (Å²) >= 11 is 0. The highest BCUT2D eigenvalue weighted by atomic mass is 16.5. The van der Waals surface area contributed by atoms with Gasteiger partial charge < -0.3 is 9.47 Å². The van der Waals surface area contributed by atoms with Gasteiger partial charge in [0.1, 0.15) is 12.2 Å². The minimum absolute atomic E-state index is 0.0333. The van der Waals surface area contributed by atoms with Crippen molar-refractivity contribution in [2.45, 2.75) is 205 Å². The maximum atomic E-state index is 12.5. The number of hydrogen-bond acceptors (Lipinski definition) is 8. The Bertz CT molecular complexity index is 869. The molecule has 4 aliphatic rings. The van der Waals surface area contributed by atoms with Gasteiger partial charge >= 0.3 is 11.9 Å². The predicted octanol–water partition coefficient (Wildman–Crippen LogP) is 8.04. The fraction of sp³-hybridized carbons (Fsp3) is 0.947. The normalized spacial score (nSPS) is 26.5. The quantitative estimate of drug-likeness (QED) is 0.147. The van der Waals surface area contributed by atoms with Gasteiger partial charge in [0.2, 0.25) is 0 Å². The first-order chi connectivity index (χ1) is 21.6. The molecule has 0 radical (unpaired) electrons. The summed E-state index contributed by atoms with van der Waals surface area (Å²) in [6, 6.07) is 0. The number of carbonyl (C=O) groups excluding carboxylic acids is 2. The van der Waals surface area contributed by atoms with E-state index in [1.54, 1.807) is 0 Å². The van der Waals surface area contributed by atoms with Crippen LogP contribution in [0.3, 0.4) is 0 Å². The van der Waals surface area contributed by atoms with Gasteiger partial charge in [-0.1, -0.05) is 25.7 Å². The van der Waals surface area contributed by atoms with Gasteiger partial charge in [0.25, 0.3) is 0 Å². The van der Waals surface area contributed by atoms with Crippen LogP contribution in [0.5, 0.6) is 0 Å². The minimum atomic E-state index is -0.0333. The zero-order valence-electron chi connectivity index (χ0n) is 31.1. The number of hydrazine groups is 2. The number of carbonyl (C=O) groups is 2. The van der Waals surface area contributed by atoms with Gasteiger partial charge in [0, 0.05) is 61.2 Å². The summed E-state index contributed by atoms with van der Waals surface area (Å²) in [4.78, 5) is 25.1. The van der Waals surface area contributed by atoms with Gasteiger partial charge in [-0.25, -0.2) is 20.0 Å². The van der Waals surface area contributed by atoms with E-state index in [4.69, 9.17) is 9.47 Å². The molecule has 4 rings (SSSR count). The summed E-state index contributed by atoms with van der Waals surface area (Å²) in [7, 11) is 0. The van der Waals surface area contributed by atoms with E-state index in [2.05, 4.69) is 75.4 Å². The third kappa shape index (κ3) is 10.1. The van der Waals surface area contributed by atoms with E-state index in [1.807, 2.05) is 0 Å². The summed E-state index contributed by atoms with van der Waals surface area (Å²) in [5, 5.41) is 10.3. The van der Waals surface area contributed by atoms with Gasteiger partial charge in [0.15, 0.2) is 0 Å². The summed E-state index contributed by atoms with van der Waals surface area (Å²) < 4.78 is 11.8. The molecule has 8 heteroatoms. The van der Waals surface area contributed by atoms with Crippen LogP contribution in [0.2, 0.25) is 0 Å². The monoisotopic (exact) mass is 647 g/mol. The standard InChI is InChI=1S/C38H70N4O4/c1-35(2)23-15-24-36(3,4)41(35)39-27-19-31(20-28-39)45-33(43)17-13-11-9-10-12-14-18-34(44)46-32-21-29-40(30-22-32)42-37(5,6)25-16-26-38(42,7)8/h31-32H,9-30H2,1-8H3. The van der Waals surface area contributed by atoms with Gasteiger partial charge in [-0.3, -0.25) is 9.59 Å². The Kier molecular flexibility index (Phi) is 13.1. The first kappa shape index (κ1) is 37.6. The second kappa shape index (κ2) is 16.0. The molecule has 0 bridgehead atoms. The zero-order chi connectivity index (χ0) is 33.6. The Morgan fingerprint density at radius 3 is 1.09 bits per heavy atom. The Balaban J connectivity index is 1.00. The third-order valence-corrected chi connectivity index (χ3v) is 11.5. The summed E-state index contributed by atoms with van der Waals surface area (Å²) in [5.41, 5.74) is 0.702. The maximum absolute atomic E-state index is 12.5. The Morgan fingerprint density at radius 2 is 0.783 bits per heavy atom. The topological polar surface area (TPSA) is 65.6 Å². The van der Waals surface area contributed by atoms with E-state index >= 15 is 0 Å². The lowest BCUT2D eigenvalue weighted by Gasteiger charge is -2.58. The van der Waals surface area contributed by atoms with Crippen molar-refractivity contribution in [2.75, 3.05) is 26.2 Å². The summed E-state index contributed by atoms with van der Waals surface area (Å²) in [5.74, 6) is -0.0666. The molecule has 4 aliphatic heterocycles. The number of rotatable bonds is 13. The van der Waals surface area contributed by atoms with Crippen molar-refractivity contribution in [1.82, 2.24) is 20.0 Å². The van der Waals surface area contributed by atoms with Crippen LogP contribution in [0.25, 0.3) is 0 Å². The average molecular weight is 647 g/mol. The van der Waals surface area contributed by atoms with Gasteiger partial charge in [-0.2, -0.15) is 0 Å². The fourth-order valence-electron chi connectivity index (χ4n) is 9.56. The van der Waals surface area contributed by atoms with E-state index < -0.39 is 0 Å². The molecule has 0 unspecified atom stereocenters. The molecule has 46 heavy (non-hydrogen) atoms. The number of hydrogen-bond donors (Lipinski definition) is 0. The molecular formula is C38H70N4O4. The van der Waals surface area contributed by atoms with E-state index in [9.17, 15) is 9.59 Å². The van der Waals surface area contributed by atoms with Crippen LogP contribution in [0.1, 0.15) is 171 Å². The van der Waals surface area contributed by atoms with Crippen LogP contribution in [0, 0.1) is 0 Å². The Morgan fingerprint density at radius 1 is 0.500 bits per heavy atom.